The molecule has 0 spiro atoms. The molecule has 0 aromatic carbocycles. The van der Waals surface area contributed by atoms with E-state index in [0.717, 1.165) is 11.4 Å². The molecule has 2 rings (SSSR count). The summed E-state index contributed by atoms with van der Waals surface area (Å²) < 4.78 is 5.18. The summed E-state index contributed by atoms with van der Waals surface area (Å²) in [7, 11) is 0. The molecular weight excluding hydrogens is 214 g/mol. The third-order valence-electron chi connectivity index (χ3n) is 1.92. The molecule has 0 aliphatic carbocycles. The van der Waals surface area contributed by atoms with Crippen molar-refractivity contribution in [2.45, 2.75) is 13.3 Å². The van der Waals surface area contributed by atoms with Crippen molar-refractivity contribution in [3.8, 4) is 10.6 Å². The van der Waals surface area contributed by atoms with Gasteiger partial charge in [0.15, 0.2) is 5.69 Å². The Bertz CT molecular complexity index is 473. The van der Waals surface area contributed by atoms with Gasteiger partial charge in [-0.3, -0.25) is 0 Å². The van der Waals surface area contributed by atoms with Gasteiger partial charge in [0.1, 0.15) is 10.6 Å². The molecule has 0 aliphatic rings. The summed E-state index contributed by atoms with van der Waals surface area (Å²) in [5.41, 5.74) is 0.0757. The molecule has 0 aliphatic heterocycles. The predicted molar refractivity (Wildman–Crippen MR) is 56.2 cm³/mol. The maximum Gasteiger partial charge on any atom is 0.356 e. The van der Waals surface area contributed by atoms with Gasteiger partial charge in [0.25, 0.3) is 0 Å². The number of aryl methyl sites for hydroxylation is 1. The first-order chi connectivity index (χ1) is 7.22. The first kappa shape index (κ1) is 9.92. The summed E-state index contributed by atoms with van der Waals surface area (Å²) >= 11 is 1.36. The fourth-order valence-electron chi connectivity index (χ4n) is 1.24. The van der Waals surface area contributed by atoms with Crippen LogP contribution in [-0.2, 0) is 6.42 Å². The average molecular weight is 223 g/mol. The van der Waals surface area contributed by atoms with E-state index in [1.54, 1.807) is 12.1 Å². The first-order valence-electron chi connectivity index (χ1n) is 4.49. The first-order valence-corrected chi connectivity index (χ1v) is 5.31. The van der Waals surface area contributed by atoms with E-state index in [1.807, 2.05) is 6.92 Å². The van der Waals surface area contributed by atoms with Crippen molar-refractivity contribution < 1.29 is 14.3 Å². The molecule has 4 nitrogen and oxygen atoms in total. The lowest BCUT2D eigenvalue weighted by Gasteiger charge is -1.91. The van der Waals surface area contributed by atoms with Gasteiger partial charge in [-0.1, -0.05) is 6.92 Å². The van der Waals surface area contributed by atoms with Gasteiger partial charge >= 0.3 is 5.97 Å². The molecule has 0 bridgehead atoms. The number of furan rings is 1. The van der Waals surface area contributed by atoms with Gasteiger partial charge in [-0.05, 0) is 18.6 Å². The van der Waals surface area contributed by atoms with Crippen LogP contribution in [0.3, 0.4) is 0 Å². The van der Waals surface area contributed by atoms with Crippen molar-refractivity contribution in [2.24, 2.45) is 0 Å². The van der Waals surface area contributed by atoms with Gasteiger partial charge in [0.2, 0.25) is 0 Å². The molecule has 2 aromatic heterocycles. The van der Waals surface area contributed by atoms with Gasteiger partial charge in [-0.2, -0.15) is 0 Å². The Labute approximate surface area is 90.2 Å². The summed E-state index contributed by atoms with van der Waals surface area (Å²) in [6.45, 7) is 1.94. The van der Waals surface area contributed by atoms with Crippen LogP contribution in [0.25, 0.3) is 10.6 Å². The average Bonchev–Trinajstić information content (AvgIpc) is 2.86. The topological polar surface area (TPSA) is 63.3 Å². The number of hydrogen-bond acceptors (Lipinski definition) is 4. The minimum Gasteiger partial charge on any atom is -0.476 e. The van der Waals surface area contributed by atoms with Crippen molar-refractivity contribution in [3.63, 3.8) is 0 Å². The lowest BCUT2D eigenvalue weighted by molar-refractivity contribution is 0.0692. The van der Waals surface area contributed by atoms with Crippen LogP contribution < -0.4 is 0 Å². The van der Waals surface area contributed by atoms with Crippen LogP contribution in [0.2, 0.25) is 0 Å². The van der Waals surface area contributed by atoms with Crippen LogP contribution in [0, 0.1) is 0 Å². The molecule has 2 heterocycles. The lowest BCUT2D eigenvalue weighted by Crippen LogP contribution is -1.98. The molecule has 2 aromatic rings. The highest BCUT2D eigenvalue weighted by molar-refractivity contribution is 7.15. The van der Waals surface area contributed by atoms with Crippen molar-refractivity contribution in [1.82, 2.24) is 4.98 Å². The van der Waals surface area contributed by atoms with Crippen molar-refractivity contribution in [1.29, 1.82) is 0 Å². The second kappa shape index (κ2) is 3.86. The minimum absolute atomic E-state index is 0.0757. The third-order valence-corrected chi connectivity index (χ3v) is 3.14. The quantitative estimate of drug-likeness (QED) is 0.868. The number of carboxylic acids is 1. The SMILES string of the molecule is CCc1nc(C(=O)O)c(-c2ccco2)s1. The predicted octanol–water partition coefficient (Wildman–Crippen LogP) is 2.66. The number of hydrogen-bond donors (Lipinski definition) is 1. The molecule has 0 saturated heterocycles. The summed E-state index contributed by atoms with van der Waals surface area (Å²) in [5, 5.41) is 9.78. The number of rotatable bonds is 3. The van der Waals surface area contributed by atoms with Gasteiger partial charge in [0, 0.05) is 0 Å². The van der Waals surface area contributed by atoms with Crippen molar-refractivity contribution in [3.05, 3.63) is 29.1 Å². The Morgan fingerprint density at radius 1 is 1.67 bits per heavy atom. The highest BCUT2D eigenvalue weighted by Gasteiger charge is 2.19. The minimum atomic E-state index is -1.02. The van der Waals surface area contributed by atoms with Crippen LogP contribution in [0.5, 0.6) is 0 Å². The summed E-state index contributed by atoms with van der Waals surface area (Å²) in [6, 6.07) is 3.46. The largest absolute Gasteiger partial charge is 0.476 e. The second-order valence-electron chi connectivity index (χ2n) is 2.92. The Hall–Kier alpha value is -1.62. The fourth-order valence-corrected chi connectivity index (χ4v) is 2.20. The molecule has 0 unspecified atom stereocenters. The molecular formula is C10H9NO3S. The van der Waals surface area contributed by atoms with Gasteiger partial charge < -0.3 is 9.52 Å². The van der Waals surface area contributed by atoms with Gasteiger partial charge in [-0.15, -0.1) is 11.3 Å². The molecule has 1 N–H and O–H groups in total. The van der Waals surface area contributed by atoms with Gasteiger partial charge in [0.05, 0.1) is 11.3 Å². The third kappa shape index (κ3) is 1.78. The van der Waals surface area contributed by atoms with E-state index in [4.69, 9.17) is 9.52 Å². The zero-order chi connectivity index (χ0) is 10.8. The van der Waals surface area contributed by atoms with Crippen molar-refractivity contribution >= 4 is 17.3 Å². The molecule has 15 heavy (non-hydrogen) atoms. The van der Waals surface area contributed by atoms with E-state index in [1.165, 1.54) is 17.6 Å². The van der Waals surface area contributed by atoms with Crippen LogP contribution in [0.4, 0.5) is 0 Å². The Balaban J connectivity index is 2.54. The van der Waals surface area contributed by atoms with Crippen LogP contribution in [-0.4, -0.2) is 16.1 Å². The van der Waals surface area contributed by atoms with E-state index in [0.29, 0.717) is 10.6 Å². The number of thiazole rings is 1. The summed E-state index contributed by atoms with van der Waals surface area (Å²) in [4.78, 5) is 15.6. The van der Waals surface area contributed by atoms with E-state index in [9.17, 15) is 4.79 Å². The molecule has 5 heteroatoms. The fraction of sp³-hybridized carbons (Fsp3) is 0.200. The van der Waals surface area contributed by atoms with E-state index >= 15 is 0 Å². The molecule has 78 valence electrons. The molecule has 0 fully saturated rings. The zero-order valence-electron chi connectivity index (χ0n) is 8.06. The standard InChI is InChI=1S/C10H9NO3S/c1-2-7-11-8(10(12)13)9(15-7)6-4-3-5-14-6/h3-5H,2H2,1H3,(H,12,13). The van der Waals surface area contributed by atoms with Gasteiger partial charge in [-0.25, -0.2) is 9.78 Å². The maximum absolute atomic E-state index is 10.9. The lowest BCUT2D eigenvalue weighted by atomic mass is 10.3. The maximum atomic E-state index is 10.9. The number of carboxylic acid groups (broad SMARTS) is 1. The highest BCUT2D eigenvalue weighted by Crippen LogP contribution is 2.30. The van der Waals surface area contributed by atoms with E-state index in [2.05, 4.69) is 4.98 Å². The number of aromatic carboxylic acids is 1. The Kier molecular flexibility index (Phi) is 2.55. The van der Waals surface area contributed by atoms with Crippen LogP contribution in [0.1, 0.15) is 22.4 Å². The second-order valence-corrected chi connectivity index (χ2v) is 4.00. The molecule has 0 radical (unpaired) electrons. The van der Waals surface area contributed by atoms with E-state index in [-0.39, 0.29) is 5.69 Å². The molecule has 0 amide bonds. The Morgan fingerprint density at radius 2 is 2.47 bits per heavy atom. The highest BCUT2D eigenvalue weighted by atomic mass is 32.1. The Morgan fingerprint density at radius 3 is 3.00 bits per heavy atom. The zero-order valence-corrected chi connectivity index (χ0v) is 8.87. The van der Waals surface area contributed by atoms with E-state index < -0.39 is 5.97 Å². The number of nitrogens with zero attached hydrogens (tertiary/aromatic N) is 1. The smallest absolute Gasteiger partial charge is 0.356 e. The summed E-state index contributed by atoms with van der Waals surface area (Å²) in [5.74, 6) is -0.457. The van der Waals surface area contributed by atoms with Crippen molar-refractivity contribution in [2.75, 3.05) is 0 Å². The number of carbonyl (C=O) groups is 1. The number of aromatic nitrogens is 1. The normalized spacial score (nSPS) is 10.5. The summed E-state index contributed by atoms with van der Waals surface area (Å²) in [6.07, 6.45) is 2.25. The van der Waals surface area contributed by atoms with Crippen LogP contribution in [0.15, 0.2) is 22.8 Å². The molecule has 0 saturated carbocycles. The molecule has 0 atom stereocenters. The van der Waals surface area contributed by atoms with Crippen LogP contribution >= 0.6 is 11.3 Å². The monoisotopic (exact) mass is 223 g/mol.